The fourth-order valence-corrected chi connectivity index (χ4v) is 4.16. The number of nitrogens with zero attached hydrogens (tertiary/aromatic N) is 1. The predicted molar refractivity (Wildman–Crippen MR) is 77.8 cm³/mol. The van der Waals surface area contributed by atoms with Crippen LogP contribution in [0.1, 0.15) is 32.6 Å². The molecule has 0 N–H and O–H groups in total. The fourth-order valence-electron chi connectivity index (χ4n) is 4.16. The van der Waals surface area contributed by atoms with Crippen molar-refractivity contribution in [3.63, 3.8) is 0 Å². The number of esters is 2. The second-order valence-corrected chi connectivity index (χ2v) is 6.14. The summed E-state index contributed by atoms with van der Waals surface area (Å²) in [4.78, 5) is 26.6. The molecule has 3 rings (SSSR count). The second kappa shape index (κ2) is 6.01. The first kappa shape index (κ1) is 15.5. The van der Waals surface area contributed by atoms with Crippen molar-refractivity contribution in [1.29, 1.82) is 0 Å². The third kappa shape index (κ3) is 2.25. The van der Waals surface area contributed by atoms with E-state index in [0.29, 0.717) is 19.6 Å². The van der Waals surface area contributed by atoms with Gasteiger partial charge in [0.25, 0.3) is 0 Å². The molecule has 0 aromatic rings. The van der Waals surface area contributed by atoms with Gasteiger partial charge in [0, 0.05) is 6.04 Å². The highest BCUT2D eigenvalue weighted by Crippen LogP contribution is 2.48. The van der Waals surface area contributed by atoms with E-state index >= 15 is 0 Å². The Morgan fingerprint density at radius 2 is 2.41 bits per heavy atom. The summed E-state index contributed by atoms with van der Waals surface area (Å²) in [5.41, 5.74) is -0.620. The van der Waals surface area contributed by atoms with Crippen molar-refractivity contribution in [2.24, 2.45) is 5.92 Å². The Kier molecular flexibility index (Phi) is 4.23. The lowest BCUT2D eigenvalue weighted by Gasteiger charge is -2.49. The molecule has 3 aliphatic rings. The largest absolute Gasteiger partial charge is 0.466 e. The molecule has 122 valence electrons. The zero-order valence-electron chi connectivity index (χ0n) is 13.0. The zero-order chi connectivity index (χ0) is 15.7. The van der Waals surface area contributed by atoms with E-state index < -0.39 is 17.7 Å². The average Bonchev–Trinajstić information content (AvgIpc) is 3.05. The number of morpholine rings is 1. The Bertz CT molecular complexity index is 479. The van der Waals surface area contributed by atoms with Gasteiger partial charge in [0.15, 0.2) is 0 Å². The lowest BCUT2D eigenvalue weighted by molar-refractivity contribution is -0.219. The van der Waals surface area contributed by atoms with E-state index in [9.17, 15) is 9.59 Å². The first-order valence-corrected chi connectivity index (χ1v) is 7.98. The molecule has 0 radical (unpaired) electrons. The Morgan fingerprint density at radius 1 is 1.59 bits per heavy atom. The van der Waals surface area contributed by atoms with Gasteiger partial charge in [-0.05, 0) is 32.7 Å². The molecule has 6 heteroatoms. The maximum atomic E-state index is 12.4. The van der Waals surface area contributed by atoms with Gasteiger partial charge in [0.2, 0.25) is 6.29 Å². The Labute approximate surface area is 130 Å². The minimum absolute atomic E-state index is 0.0313. The number of carbonyl (C=O) groups excluding carboxylic acids is 2. The van der Waals surface area contributed by atoms with Gasteiger partial charge in [-0.3, -0.25) is 14.5 Å². The molecule has 22 heavy (non-hydrogen) atoms. The van der Waals surface area contributed by atoms with Crippen molar-refractivity contribution in [2.75, 3.05) is 19.8 Å². The van der Waals surface area contributed by atoms with Crippen LogP contribution >= 0.6 is 0 Å². The maximum Gasteiger partial charge on any atom is 0.314 e. The van der Waals surface area contributed by atoms with Crippen molar-refractivity contribution in [3.05, 3.63) is 12.7 Å². The van der Waals surface area contributed by atoms with E-state index in [-0.39, 0.29) is 24.4 Å². The first-order valence-electron chi connectivity index (χ1n) is 7.98. The van der Waals surface area contributed by atoms with E-state index in [1.807, 2.05) is 0 Å². The summed E-state index contributed by atoms with van der Waals surface area (Å²) < 4.78 is 16.3. The van der Waals surface area contributed by atoms with Gasteiger partial charge in [-0.15, -0.1) is 6.58 Å². The molecule has 0 amide bonds. The summed E-state index contributed by atoms with van der Waals surface area (Å²) in [6.07, 6.45) is 3.88. The molecule has 3 fully saturated rings. The highest BCUT2D eigenvalue weighted by Gasteiger charge is 2.64. The molecule has 0 aromatic carbocycles. The molecule has 3 saturated heterocycles. The van der Waals surface area contributed by atoms with E-state index in [1.54, 1.807) is 13.0 Å². The average molecular weight is 309 g/mol. The van der Waals surface area contributed by atoms with Crippen molar-refractivity contribution in [1.82, 2.24) is 4.90 Å². The minimum Gasteiger partial charge on any atom is -0.466 e. The monoisotopic (exact) mass is 309 g/mol. The van der Waals surface area contributed by atoms with Gasteiger partial charge in [-0.2, -0.15) is 0 Å². The number of carbonyl (C=O) groups is 2. The van der Waals surface area contributed by atoms with E-state index in [1.165, 1.54) is 0 Å². The molecule has 0 bridgehead atoms. The SMILES string of the molecule is C=CC[C@@]12[C@@H](OC[C@@H]3CCCN31)OC(=O)[C@@H]2CC(=O)OCC. The number of ether oxygens (including phenoxy) is 3. The maximum absolute atomic E-state index is 12.4. The number of fused-ring (bicyclic) bond motifs is 3. The summed E-state index contributed by atoms with van der Waals surface area (Å²) in [5.74, 6) is -1.29. The lowest BCUT2D eigenvalue weighted by atomic mass is 9.77. The molecule has 4 atom stereocenters. The van der Waals surface area contributed by atoms with Crippen LogP contribution in [0.2, 0.25) is 0 Å². The first-order chi connectivity index (χ1) is 10.6. The van der Waals surface area contributed by atoms with Crippen LogP contribution in [0.3, 0.4) is 0 Å². The number of rotatable bonds is 5. The quantitative estimate of drug-likeness (QED) is 0.562. The van der Waals surface area contributed by atoms with E-state index in [2.05, 4.69) is 11.5 Å². The van der Waals surface area contributed by atoms with Crippen molar-refractivity contribution in [3.8, 4) is 0 Å². The van der Waals surface area contributed by atoms with Crippen LogP contribution in [0, 0.1) is 5.92 Å². The molecule has 0 aliphatic carbocycles. The molecule has 0 unspecified atom stereocenters. The molecule has 0 spiro atoms. The third-order valence-corrected chi connectivity index (χ3v) is 5.02. The predicted octanol–water partition coefficient (Wildman–Crippen LogP) is 1.25. The summed E-state index contributed by atoms with van der Waals surface area (Å²) in [5, 5.41) is 0. The summed E-state index contributed by atoms with van der Waals surface area (Å²) in [6.45, 7) is 7.37. The van der Waals surface area contributed by atoms with Crippen molar-refractivity contribution < 1.29 is 23.8 Å². The van der Waals surface area contributed by atoms with Gasteiger partial charge >= 0.3 is 11.9 Å². The van der Waals surface area contributed by atoms with Gasteiger partial charge in [0.05, 0.1) is 25.6 Å². The van der Waals surface area contributed by atoms with Crippen LogP contribution < -0.4 is 0 Å². The van der Waals surface area contributed by atoms with Crippen LogP contribution in [-0.2, 0) is 23.8 Å². The lowest BCUT2D eigenvalue weighted by Crippen LogP contribution is -2.65. The third-order valence-electron chi connectivity index (χ3n) is 5.02. The smallest absolute Gasteiger partial charge is 0.314 e. The van der Waals surface area contributed by atoms with Gasteiger partial charge in [0.1, 0.15) is 5.54 Å². The minimum atomic E-state index is -0.620. The summed E-state index contributed by atoms with van der Waals surface area (Å²) >= 11 is 0. The normalized spacial score (nSPS) is 37.3. The van der Waals surface area contributed by atoms with Gasteiger partial charge in [-0.25, -0.2) is 0 Å². The van der Waals surface area contributed by atoms with Gasteiger partial charge in [-0.1, -0.05) is 6.08 Å². The van der Waals surface area contributed by atoms with Gasteiger partial charge < -0.3 is 14.2 Å². The second-order valence-electron chi connectivity index (χ2n) is 6.14. The summed E-state index contributed by atoms with van der Waals surface area (Å²) in [7, 11) is 0. The van der Waals surface area contributed by atoms with E-state index in [0.717, 1.165) is 19.4 Å². The Balaban J connectivity index is 1.93. The van der Waals surface area contributed by atoms with Crippen LogP contribution in [0.5, 0.6) is 0 Å². The fraction of sp³-hybridized carbons (Fsp3) is 0.750. The number of hydrogen-bond donors (Lipinski definition) is 0. The molecule has 6 nitrogen and oxygen atoms in total. The Morgan fingerprint density at radius 3 is 3.14 bits per heavy atom. The van der Waals surface area contributed by atoms with Crippen molar-refractivity contribution in [2.45, 2.75) is 50.5 Å². The zero-order valence-corrected chi connectivity index (χ0v) is 13.0. The highest BCUT2D eigenvalue weighted by atomic mass is 16.7. The molecule has 3 heterocycles. The molecular weight excluding hydrogens is 286 g/mol. The van der Waals surface area contributed by atoms with Crippen LogP contribution in [0.15, 0.2) is 12.7 Å². The van der Waals surface area contributed by atoms with Crippen LogP contribution in [0.25, 0.3) is 0 Å². The van der Waals surface area contributed by atoms with Crippen molar-refractivity contribution >= 4 is 11.9 Å². The molecule has 0 saturated carbocycles. The Hall–Kier alpha value is -1.40. The highest BCUT2D eigenvalue weighted by molar-refractivity contribution is 5.83. The molecule has 3 aliphatic heterocycles. The molecular formula is C16H23NO5. The molecule has 0 aromatic heterocycles. The summed E-state index contributed by atoms with van der Waals surface area (Å²) in [6, 6.07) is 0.287. The topological polar surface area (TPSA) is 65.1 Å². The van der Waals surface area contributed by atoms with Crippen LogP contribution in [0.4, 0.5) is 0 Å². The van der Waals surface area contributed by atoms with Crippen LogP contribution in [-0.4, -0.2) is 54.5 Å². The standard InChI is InChI=1S/C16H23NO5/c1-3-7-16-12(9-13(18)20-4-2)14(19)22-15(16)21-10-11-6-5-8-17(11)16/h3,11-12,15H,1,4-10H2,2H3/t11-,12-,15-,16+/m0/s1. The van der Waals surface area contributed by atoms with E-state index in [4.69, 9.17) is 14.2 Å². The number of hydrogen-bond acceptors (Lipinski definition) is 6.